The lowest BCUT2D eigenvalue weighted by Crippen LogP contribution is -2.42. The van der Waals surface area contributed by atoms with E-state index in [1.165, 1.54) is 0 Å². The first-order chi connectivity index (χ1) is 14.7. The van der Waals surface area contributed by atoms with E-state index in [0.717, 1.165) is 24.1 Å². The number of benzene rings is 1. The van der Waals surface area contributed by atoms with E-state index in [-0.39, 0.29) is 24.2 Å². The lowest BCUT2D eigenvalue weighted by molar-refractivity contribution is -0.134. The van der Waals surface area contributed by atoms with Crippen LogP contribution in [0.15, 0.2) is 18.2 Å². The highest BCUT2D eigenvalue weighted by molar-refractivity contribution is 6.02. The number of nitrogens with two attached hydrogens (primary N) is 1. The van der Waals surface area contributed by atoms with Gasteiger partial charge in [0.25, 0.3) is 0 Å². The summed E-state index contributed by atoms with van der Waals surface area (Å²) < 4.78 is 6.82. The van der Waals surface area contributed by atoms with Gasteiger partial charge in [0, 0.05) is 25.2 Å². The van der Waals surface area contributed by atoms with Crippen LogP contribution in [0.4, 0.5) is 0 Å². The van der Waals surface area contributed by atoms with Crippen molar-refractivity contribution in [2.24, 2.45) is 11.7 Å². The van der Waals surface area contributed by atoms with Gasteiger partial charge in [-0.05, 0) is 49.9 Å². The van der Waals surface area contributed by atoms with Crippen LogP contribution in [0.3, 0.4) is 0 Å². The zero-order valence-electron chi connectivity index (χ0n) is 18.6. The highest BCUT2D eigenvalue weighted by Gasteiger charge is 2.33. The largest absolute Gasteiger partial charge is 0.385 e. The van der Waals surface area contributed by atoms with Crippen LogP contribution in [0.2, 0.25) is 0 Å². The number of hydrogen-bond acceptors (Lipinski definition) is 5. The number of Topliss-reactive ketones (excluding diaryl/α,β-unsaturated/α-hetero) is 1. The van der Waals surface area contributed by atoms with Crippen LogP contribution in [0, 0.1) is 12.8 Å². The maximum absolute atomic E-state index is 12.8. The van der Waals surface area contributed by atoms with Crippen molar-refractivity contribution in [3.63, 3.8) is 0 Å². The van der Waals surface area contributed by atoms with Gasteiger partial charge in [0.05, 0.1) is 35.7 Å². The number of aromatic nitrogens is 2. The average molecular weight is 427 g/mol. The molecule has 31 heavy (non-hydrogen) atoms. The topological polar surface area (TPSA) is 108 Å². The number of unbranched alkanes of at least 4 members (excludes halogenated alkanes) is 1. The predicted octanol–water partition coefficient (Wildman–Crippen LogP) is 2.43. The molecule has 0 spiro atoms. The number of primary amides is 1. The predicted molar refractivity (Wildman–Crippen MR) is 116 cm³/mol. The Hall–Kier alpha value is -3.00. The Balaban J connectivity index is 2.00. The molecule has 2 amide bonds. The minimum absolute atomic E-state index is 0.0627. The van der Waals surface area contributed by atoms with Gasteiger partial charge in [0.2, 0.25) is 11.8 Å². The Morgan fingerprint density at radius 3 is 2.61 bits per heavy atom. The van der Waals surface area contributed by atoms with Crippen molar-refractivity contribution in [2.45, 2.75) is 46.6 Å². The summed E-state index contributed by atoms with van der Waals surface area (Å²) in [6.07, 6.45) is 2.40. The summed E-state index contributed by atoms with van der Waals surface area (Å²) in [5.41, 5.74) is 9.53. The molecule has 166 valence electrons. The normalized spacial score (nSPS) is 13.6. The molecule has 0 bridgehead atoms. The molecule has 0 saturated heterocycles. The van der Waals surface area contributed by atoms with Gasteiger partial charge in [0.1, 0.15) is 0 Å². The quantitative estimate of drug-likeness (QED) is 0.652. The summed E-state index contributed by atoms with van der Waals surface area (Å²) in [5.74, 6) is -0.837. The van der Waals surface area contributed by atoms with Gasteiger partial charge in [-0.15, -0.1) is 0 Å². The third-order valence-electron chi connectivity index (χ3n) is 5.56. The first-order valence-corrected chi connectivity index (χ1v) is 10.6. The Morgan fingerprint density at radius 2 is 1.97 bits per heavy atom. The van der Waals surface area contributed by atoms with Crippen LogP contribution < -0.4 is 5.73 Å². The van der Waals surface area contributed by atoms with Gasteiger partial charge >= 0.3 is 0 Å². The van der Waals surface area contributed by atoms with Gasteiger partial charge in [-0.3, -0.25) is 14.4 Å². The van der Waals surface area contributed by atoms with E-state index in [1.54, 1.807) is 35.7 Å². The first kappa shape index (κ1) is 22.7. The van der Waals surface area contributed by atoms with Crippen LogP contribution in [-0.2, 0) is 22.5 Å². The maximum Gasteiger partial charge on any atom is 0.248 e. The third kappa shape index (κ3) is 4.69. The molecule has 1 aliphatic rings. The molecule has 2 heterocycles. The first-order valence-electron chi connectivity index (χ1n) is 10.6. The second kappa shape index (κ2) is 9.43. The molecule has 2 N–H and O–H groups in total. The molecule has 1 aromatic carbocycles. The fourth-order valence-corrected chi connectivity index (χ4v) is 4.03. The number of ether oxygens (including phenoxy) is 1. The standard InChI is InChI=1S/C23H30N4O4/c1-14(2)23(30)26-12-19-21(20(28)13-26)15(3)25-27(19)17-8-9-18(22(24)29)16(11-17)7-5-6-10-31-4/h8-9,11,14H,5-7,10,12-13H2,1-4H3,(H2,24,29). The van der Waals surface area contributed by atoms with Gasteiger partial charge < -0.3 is 15.4 Å². The van der Waals surface area contributed by atoms with Crippen molar-refractivity contribution in [1.82, 2.24) is 14.7 Å². The van der Waals surface area contributed by atoms with Crippen LogP contribution in [0.1, 0.15) is 64.4 Å². The molecule has 0 atom stereocenters. The van der Waals surface area contributed by atoms with Crippen LogP contribution in [-0.4, -0.2) is 52.5 Å². The highest BCUT2D eigenvalue weighted by atomic mass is 16.5. The van der Waals surface area contributed by atoms with E-state index < -0.39 is 5.91 Å². The molecule has 8 heteroatoms. The summed E-state index contributed by atoms with van der Waals surface area (Å²) in [7, 11) is 1.66. The fourth-order valence-electron chi connectivity index (χ4n) is 4.03. The molecule has 8 nitrogen and oxygen atoms in total. The summed E-state index contributed by atoms with van der Waals surface area (Å²) >= 11 is 0. The molecule has 2 aromatic rings. The van der Waals surface area contributed by atoms with Gasteiger partial charge in [0.15, 0.2) is 5.78 Å². The number of fused-ring (bicyclic) bond motifs is 1. The zero-order valence-corrected chi connectivity index (χ0v) is 18.6. The van der Waals surface area contributed by atoms with Crippen molar-refractivity contribution in [2.75, 3.05) is 20.3 Å². The lowest BCUT2D eigenvalue weighted by atomic mass is 9.99. The Bertz CT molecular complexity index is 1010. The smallest absolute Gasteiger partial charge is 0.248 e. The average Bonchev–Trinajstić information content (AvgIpc) is 3.07. The monoisotopic (exact) mass is 426 g/mol. The summed E-state index contributed by atoms with van der Waals surface area (Å²) in [4.78, 5) is 38.8. The van der Waals surface area contributed by atoms with Gasteiger partial charge in [-0.1, -0.05) is 13.8 Å². The summed E-state index contributed by atoms with van der Waals surface area (Å²) in [6.45, 7) is 6.49. The van der Waals surface area contributed by atoms with E-state index in [0.29, 0.717) is 42.1 Å². The summed E-state index contributed by atoms with van der Waals surface area (Å²) in [5, 5.41) is 4.60. The van der Waals surface area contributed by atoms with Crippen molar-refractivity contribution in [3.8, 4) is 5.69 Å². The second-order valence-corrected chi connectivity index (χ2v) is 8.25. The number of carbonyl (C=O) groups excluding carboxylic acids is 3. The van der Waals surface area contributed by atoms with Crippen molar-refractivity contribution in [1.29, 1.82) is 0 Å². The van der Waals surface area contributed by atoms with Crippen LogP contribution in [0.25, 0.3) is 5.69 Å². The summed E-state index contributed by atoms with van der Waals surface area (Å²) in [6, 6.07) is 5.38. The molecule has 0 aliphatic carbocycles. The number of rotatable bonds is 8. The molecular weight excluding hydrogens is 396 g/mol. The number of aryl methyl sites for hydroxylation is 2. The molecule has 0 saturated carbocycles. The van der Waals surface area contributed by atoms with E-state index in [4.69, 9.17) is 10.5 Å². The zero-order chi connectivity index (χ0) is 22.7. The Labute approximate surface area is 182 Å². The number of carbonyl (C=O) groups is 3. The minimum atomic E-state index is -0.476. The molecule has 0 unspecified atom stereocenters. The van der Waals surface area contributed by atoms with E-state index in [2.05, 4.69) is 5.10 Å². The van der Waals surface area contributed by atoms with E-state index in [1.807, 2.05) is 19.9 Å². The number of nitrogens with zero attached hydrogens (tertiary/aromatic N) is 3. The number of ketones is 1. The molecule has 0 radical (unpaired) electrons. The van der Waals surface area contributed by atoms with Gasteiger partial charge in [-0.25, -0.2) is 4.68 Å². The minimum Gasteiger partial charge on any atom is -0.385 e. The molecule has 3 rings (SSSR count). The molecule has 0 fully saturated rings. The SMILES string of the molecule is COCCCCc1cc(-n2nc(C)c3c2CN(C(=O)C(C)C)CC3=O)ccc1C(N)=O. The van der Waals surface area contributed by atoms with Crippen LogP contribution in [0.5, 0.6) is 0 Å². The van der Waals surface area contributed by atoms with Crippen LogP contribution >= 0.6 is 0 Å². The Morgan fingerprint density at radius 1 is 1.23 bits per heavy atom. The number of hydrogen-bond donors (Lipinski definition) is 1. The number of methoxy groups -OCH3 is 1. The molecule has 1 aliphatic heterocycles. The Kier molecular flexibility index (Phi) is 6.90. The number of amides is 2. The fraction of sp³-hybridized carbons (Fsp3) is 0.478. The van der Waals surface area contributed by atoms with Crippen molar-refractivity contribution in [3.05, 3.63) is 46.3 Å². The van der Waals surface area contributed by atoms with E-state index >= 15 is 0 Å². The van der Waals surface area contributed by atoms with Crippen molar-refractivity contribution < 1.29 is 19.1 Å². The van der Waals surface area contributed by atoms with E-state index in [9.17, 15) is 14.4 Å². The highest BCUT2D eigenvalue weighted by Crippen LogP contribution is 2.27. The second-order valence-electron chi connectivity index (χ2n) is 8.25. The third-order valence-corrected chi connectivity index (χ3v) is 5.56. The lowest BCUT2D eigenvalue weighted by Gasteiger charge is -2.28. The molecule has 1 aromatic heterocycles. The maximum atomic E-state index is 12.8. The van der Waals surface area contributed by atoms with Gasteiger partial charge in [-0.2, -0.15) is 5.10 Å². The molecular formula is C23H30N4O4. The van der Waals surface area contributed by atoms with Crippen molar-refractivity contribution >= 4 is 17.6 Å².